The maximum Gasteiger partial charge on any atom is 0.412 e. The van der Waals surface area contributed by atoms with Crippen LogP contribution in [0.15, 0.2) is 49.1 Å². The first kappa shape index (κ1) is 19.5. The molecule has 0 radical (unpaired) electrons. The lowest BCUT2D eigenvalue weighted by Crippen LogP contribution is -2.12. The molecular formula is C20H18F2N6O2. The lowest BCUT2D eigenvalue weighted by Gasteiger charge is -2.11. The second-order valence-corrected chi connectivity index (χ2v) is 6.56. The smallest absolute Gasteiger partial charge is 0.412 e. The Balaban J connectivity index is 1.87. The number of fused-ring (bicyclic) bond motifs is 1. The molecule has 0 spiro atoms. The molecule has 30 heavy (non-hydrogen) atoms. The first-order valence-electron chi connectivity index (χ1n) is 9.06. The van der Waals surface area contributed by atoms with Crippen molar-refractivity contribution in [3.8, 4) is 22.6 Å². The number of amides is 1. The van der Waals surface area contributed by atoms with Crippen molar-refractivity contribution in [2.45, 2.75) is 19.9 Å². The van der Waals surface area contributed by atoms with E-state index in [4.69, 9.17) is 0 Å². The van der Waals surface area contributed by atoms with E-state index in [-0.39, 0.29) is 0 Å². The normalized spacial score (nSPS) is 11.2. The average molecular weight is 412 g/mol. The van der Waals surface area contributed by atoms with Crippen LogP contribution in [0.2, 0.25) is 0 Å². The summed E-state index contributed by atoms with van der Waals surface area (Å²) in [6, 6.07) is 8.96. The van der Waals surface area contributed by atoms with Gasteiger partial charge in [-0.1, -0.05) is 6.07 Å². The number of anilines is 1. The number of hydrogen-bond donors (Lipinski definition) is 1. The summed E-state index contributed by atoms with van der Waals surface area (Å²) >= 11 is 0. The summed E-state index contributed by atoms with van der Waals surface area (Å²) in [7, 11) is 1.26. The minimum Gasteiger partial charge on any atom is -0.453 e. The zero-order chi connectivity index (χ0) is 21.3. The highest BCUT2D eigenvalue weighted by Gasteiger charge is 2.19. The van der Waals surface area contributed by atoms with Gasteiger partial charge in [-0.3, -0.25) is 14.7 Å². The number of methoxy groups -OCH3 is 1. The van der Waals surface area contributed by atoms with Gasteiger partial charge in [-0.05, 0) is 31.2 Å². The monoisotopic (exact) mass is 412 g/mol. The van der Waals surface area contributed by atoms with Crippen LogP contribution in [0.3, 0.4) is 0 Å². The number of ether oxygens (including phenoxy) is 1. The second-order valence-electron chi connectivity index (χ2n) is 6.56. The summed E-state index contributed by atoms with van der Waals surface area (Å²) in [4.78, 5) is 24.7. The lowest BCUT2D eigenvalue weighted by atomic mass is 10.1. The third-order valence-corrected chi connectivity index (χ3v) is 4.50. The molecular weight excluding hydrogens is 394 g/mol. The minimum atomic E-state index is -2.55. The maximum atomic E-state index is 13.2. The van der Waals surface area contributed by atoms with Crippen LogP contribution < -0.4 is 5.32 Å². The molecule has 8 nitrogen and oxygen atoms in total. The number of pyridine rings is 2. The SMILES string of the molecule is COC(=O)Nc1cnc2ccc(-c3c(-c4cccc(C)n4)ncn3CC(F)F)cn12. The number of hydrogen-bond acceptors (Lipinski definition) is 5. The Kier molecular flexibility index (Phi) is 5.13. The van der Waals surface area contributed by atoms with Crippen LogP contribution >= 0.6 is 0 Å². The molecule has 4 heterocycles. The molecule has 0 aliphatic heterocycles. The van der Waals surface area contributed by atoms with E-state index in [1.54, 1.807) is 28.8 Å². The van der Waals surface area contributed by atoms with E-state index in [1.165, 1.54) is 24.2 Å². The predicted octanol–water partition coefficient (Wildman–Crippen LogP) is 4.01. The van der Waals surface area contributed by atoms with E-state index < -0.39 is 19.1 Å². The molecule has 0 bridgehead atoms. The highest BCUT2D eigenvalue weighted by atomic mass is 19.3. The molecule has 4 aromatic rings. The van der Waals surface area contributed by atoms with Gasteiger partial charge in [0.05, 0.1) is 37.6 Å². The van der Waals surface area contributed by atoms with Crippen molar-refractivity contribution in [1.29, 1.82) is 0 Å². The number of alkyl halides is 2. The highest BCUT2D eigenvalue weighted by molar-refractivity contribution is 5.84. The number of nitrogens with one attached hydrogen (secondary N) is 1. The van der Waals surface area contributed by atoms with Crippen LogP contribution in [0.4, 0.5) is 19.4 Å². The Morgan fingerprint density at radius 1 is 1.23 bits per heavy atom. The average Bonchev–Trinajstić information content (AvgIpc) is 3.31. The minimum absolute atomic E-state index is 0.383. The van der Waals surface area contributed by atoms with Gasteiger partial charge in [-0.2, -0.15) is 0 Å². The van der Waals surface area contributed by atoms with Crippen LogP contribution in [0.25, 0.3) is 28.3 Å². The molecule has 1 amide bonds. The molecule has 0 saturated carbocycles. The Hall–Kier alpha value is -3.82. The molecule has 4 aromatic heterocycles. The zero-order valence-electron chi connectivity index (χ0n) is 16.2. The molecule has 4 rings (SSSR count). The number of carbonyl (C=O) groups is 1. The van der Waals surface area contributed by atoms with Gasteiger partial charge in [-0.25, -0.2) is 23.5 Å². The molecule has 0 aliphatic rings. The summed E-state index contributed by atoms with van der Waals surface area (Å²) in [5, 5.41) is 2.57. The fraction of sp³-hybridized carbons (Fsp3) is 0.200. The largest absolute Gasteiger partial charge is 0.453 e. The van der Waals surface area contributed by atoms with E-state index in [1.807, 2.05) is 19.1 Å². The fourth-order valence-electron chi connectivity index (χ4n) is 3.20. The Morgan fingerprint density at radius 2 is 2.07 bits per heavy atom. The van der Waals surface area contributed by atoms with Gasteiger partial charge in [0.1, 0.15) is 17.2 Å². The first-order chi connectivity index (χ1) is 14.5. The van der Waals surface area contributed by atoms with Gasteiger partial charge in [-0.15, -0.1) is 0 Å². The van der Waals surface area contributed by atoms with Crippen molar-refractivity contribution in [2.24, 2.45) is 0 Å². The van der Waals surface area contributed by atoms with E-state index in [0.29, 0.717) is 34.1 Å². The van der Waals surface area contributed by atoms with Crippen LogP contribution in [0.1, 0.15) is 5.69 Å². The third-order valence-electron chi connectivity index (χ3n) is 4.50. The number of aryl methyl sites for hydroxylation is 1. The second kappa shape index (κ2) is 7.90. The number of aromatic nitrogens is 5. The van der Waals surface area contributed by atoms with Gasteiger partial charge in [0.2, 0.25) is 0 Å². The summed E-state index contributed by atoms with van der Waals surface area (Å²) in [5.41, 5.74) is 3.53. The molecule has 0 fully saturated rings. The topological polar surface area (TPSA) is 86.3 Å². The van der Waals surface area contributed by atoms with Gasteiger partial charge in [0.15, 0.2) is 0 Å². The number of rotatable bonds is 5. The van der Waals surface area contributed by atoms with Crippen molar-refractivity contribution in [2.75, 3.05) is 12.4 Å². The third kappa shape index (κ3) is 3.71. The van der Waals surface area contributed by atoms with Gasteiger partial charge < -0.3 is 9.30 Å². The van der Waals surface area contributed by atoms with Crippen molar-refractivity contribution in [1.82, 2.24) is 23.9 Å². The molecule has 1 N–H and O–H groups in total. The van der Waals surface area contributed by atoms with E-state index in [2.05, 4.69) is 25.0 Å². The van der Waals surface area contributed by atoms with Crippen molar-refractivity contribution >= 4 is 17.6 Å². The Morgan fingerprint density at radius 3 is 2.80 bits per heavy atom. The maximum absolute atomic E-state index is 13.2. The predicted molar refractivity (Wildman–Crippen MR) is 106 cm³/mol. The quantitative estimate of drug-likeness (QED) is 0.535. The van der Waals surface area contributed by atoms with Crippen LogP contribution in [0, 0.1) is 6.92 Å². The number of carbonyl (C=O) groups excluding carboxylic acids is 1. The summed E-state index contributed by atoms with van der Waals surface area (Å²) in [5.74, 6) is 0.383. The summed E-state index contributed by atoms with van der Waals surface area (Å²) < 4.78 is 34.1. The fourth-order valence-corrected chi connectivity index (χ4v) is 3.20. The number of nitrogens with zero attached hydrogens (tertiary/aromatic N) is 5. The van der Waals surface area contributed by atoms with Gasteiger partial charge >= 0.3 is 6.09 Å². The van der Waals surface area contributed by atoms with Gasteiger partial charge in [0, 0.05) is 17.5 Å². The van der Waals surface area contributed by atoms with Crippen LogP contribution in [0.5, 0.6) is 0 Å². The molecule has 10 heteroatoms. The van der Waals surface area contributed by atoms with E-state index in [9.17, 15) is 13.6 Å². The Labute approximate surface area is 170 Å². The Bertz CT molecular complexity index is 1220. The molecule has 0 aliphatic carbocycles. The first-order valence-corrected chi connectivity index (χ1v) is 9.06. The lowest BCUT2D eigenvalue weighted by molar-refractivity contribution is 0.127. The van der Waals surface area contributed by atoms with Crippen LogP contribution in [-0.4, -0.2) is 43.5 Å². The molecule has 0 saturated heterocycles. The highest BCUT2D eigenvalue weighted by Crippen LogP contribution is 2.31. The van der Waals surface area contributed by atoms with Crippen molar-refractivity contribution < 1.29 is 18.3 Å². The summed E-state index contributed by atoms with van der Waals surface area (Å²) in [6.45, 7) is 1.34. The van der Waals surface area contributed by atoms with Crippen molar-refractivity contribution in [3.05, 3.63) is 54.7 Å². The standard InChI is InChI=1S/C20H18F2N6O2/c1-12-4-3-5-14(25-12)18-19(27(11-24-18)10-15(21)22)13-6-7-16-23-8-17(28(16)9-13)26-20(29)30-2/h3-9,11,15H,10H2,1-2H3,(H,26,29). The van der Waals surface area contributed by atoms with Gasteiger partial charge in [0.25, 0.3) is 6.43 Å². The molecule has 0 aromatic carbocycles. The number of imidazole rings is 2. The van der Waals surface area contributed by atoms with Crippen LogP contribution in [-0.2, 0) is 11.3 Å². The summed E-state index contributed by atoms with van der Waals surface area (Å²) in [6.07, 6.45) is 1.37. The van der Waals surface area contributed by atoms with E-state index >= 15 is 0 Å². The molecule has 0 atom stereocenters. The van der Waals surface area contributed by atoms with E-state index in [0.717, 1.165) is 5.69 Å². The zero-order valence-corrected chi connectivity index (χ0v) is 16.2. The molecule has 0 unspecified atom stereocenters. The number of halogens is 2. The van der Waals surface area contributed by atoms with Crippen molar-refractivity contribution in [3.63, 3.8) is 0 Å². The molecule has 154 valence electrons.